The van der Waals surface area contributed by atoms with Crippen LogP contribution in [0.15, 0.2) is 0 Å². The van der Waals surface area contributed by atoms with E-state index in [1.165, 1.54) is 6.42 Å². The van der Waals surface area contributed by atoms with E-state index >= 15 is 0 Å². The van der Waals surface area contributed by atoms with Crippen molar-refractivity contribution in [2.75, 3.05) is 19.6 Å². The Balaban J connectivity index is 2.52. The Labute approximate surface area is 112 Å². The van der Waals surface area contributed by atoms with Gasteiger partial charge < -0.3 is 10.2 Å². The molecule has 0 bridgehead atoms. The fourth-order valence-electron chi connectivity index (χ4n) is 2.73. The largest absolute Gasteiger partial charge is 0.342 e. The Bertz CT molecular complexity index is 255. The molecule has 1 heterocycles. The summed E-state index contributed by atoms with van der Waals surface area (Å²) in [6, 6.07) is 0.607. The molecule has 0 saturated carbocycles. The van der Waals surface area contributed by atoms with Gasteiger partial charge in [0.05, 0.1) is 0 Å². The van der Waals surface area contributed by atoms with Crippen LogP contribution in [0, 0.1) is 11.8 Å². The summed E-state index contributed by atoms with van der Waals surface area (Å²) >= 11 is 0. The third kappa shape index (κ3) is 3.98. The zero-order valence-electron chi connectivity index (χ0n) is 12.5. The first kappa shape index (κ1) is 15.5. The molecule has 3 heteroatoms. The summed E-state index contributed by atoms with van der Waals surface area (Å²) in [5, 5.41) is 3.64. The summed E-state index contributed by atoms with van der Waals surface area (Å²) in [6.45, 7) is 11.6. The highest BCUT2D eigenvalue weighted by Gasteiger charge is 2.31. The second kappa shape index (κ2) is 7.78. The molecule has 18 heavy (non-hydrogen) atoms. The Morgan fingerprint density at radius 1 is 1.39 bits per heavy atom. The molecule has 3 nitrogen and oxygen atoms in total. The number of carbonyl (C=O) groups is 1. The number of nitrogens with one attached hydrogen (secondary N) is 1. The molecule has 0 spiro atoms. The summed E-state index contributed by atoms with van der Waals surface area (Å²) in [5.41, 5.74) is 0. The van der Waals surface area contributed by atoms with Crippen molar-refractivity contribution in [1.29, 1.82) is 0 Å². The normalized spacial score (nSPS) is 26.1. The number of hydrogen-bond donors (Lipinski definition) is 1. The molecule has 106 valence electrons. The summed E-state index contributed by atoms with van der Waals surface area (Å²) in [6.07, 6.45) is 4.40. The van der Waals surface area contributed by atoms with Gasteiger partial charge in [0.2, 0.25) is 5.91 Å². The topological polar surface area (TPSA) is 32.3 Å². The van der Waals surface area contributed by atoms with E-state index in [1.807, 2.05) is 6.92 Å². The first-order valence-corrected chi connectivity index (χ1v) is 7.66. The third-order valence-corrected chi connectivity index (χ3v) is 4.26. The molecule has 1 saturated heterocycles. The lowest BCUT2D eigenvalue weighted by atomic mass is 9.89. The molecular formula is C15H30N2O. The highest BCUT2D eigenvalue weighted by molar-refractivity contribution is 5.78. The van der Waals surface area contributed by atoms with Gasteiger partial charge in [-0.1, -0.05) is 34.1 Å². The lowest BCUT2D eigenvalue weighted by Crippen LogP contribution is -2.52. The highest BCUT2D eigenvalue weighted by Crippen LogP contribution is 2.22. The zero-order valence-corrected chi connectivity index (χ0v) is 12.5. The second-order valence-corrected chi connectivity index (χ2v) is 5.61. The molecule has 0 aromatic rings. The van der Waals surface area contributed by atoms with E-state index in [2.05, 4.69) is 31.0 Å². The highest BCUT2D eigenvalue weighted by atomic mass is 16.2. The van der Waals surface area contributed by atoms with Crippen molar-refractivity contribution in [3.05, 3.63) is 0 Å². The minimum absolute atomic E-state index is 0.183. The summed E-state index contributed by atoms with van der Waals surface area (Å²) in [5.74, 6) is 1.16. The van der Waals surface area contributed by atoms with Crippen LogP contribution in [0.2, 0.25) is 0 Å². The van der Waals surface area contributed by atoms with Crippen LogP contribution in [0.4, 0.5) is 0 Å². The molecule has 1 amide bonds. The molecule has 3 atom stereocenters. The second-order valence-electron chi connectivity index (χ2n) is 5.61. The van der Waals surface area contributed by atoms with Gasteiger partial charge in [-0.3, -0.25) is 4.79 Å². The maximum Gasteiger partial charge on any atom is 0.225 e. The number of piperidine rings is 1. The van der Waals surface area contributed by atoms with Crippen LogP contribution < -0.4 is 5.32 Å². The zero-order chi connectivity index (χ0) is 13.5. The Hall–Kier alpha value is -0.570. The fraction of sp³-hybridized carbons (Fsp3) is 0.933. The summed E-state index contributed by atoms with van der Waals surface area (Å²) < 4.78 is 0. The van der Waals surface area contributed by atoms with Crippen molar-refractivity contribution < 1.29 is 4.79 Å². The number of rotatable bonds is 6. The quantitative estimate of drug-likeness (QED) is 0.790. The Morgan fingerprint density at radius 2 is 2.11 bits per heavy atom. The average molecular weight is 254 g/mol. The molecule has 1 fully saturated rings. The van der Waals surface area contributed by atoms with E-state index in [0.29, 0.717) is 17.9 Å². The van der Waals surface area contributed by atoms with E-state index in [-0.39, 0.29) is 5.92 Å². The Kier molecular flexibility index (Phi) is 6.69. The van der Waals surface area contributed by atoms with Gasteiger partial charge in [-0.25, -0.2) is 0 Å². The van der Waals surface area contributed by atoms with Crippen LogP contribution in [0.3, 0.4) is 0 Å². The fourth-order valence-corrected chi connectivity index (χ4v) is 2.73. The number of hydrogen-bond acceptors (Lipinski definition) is 2. The molecule has 3 unspecified atom stereocenters. The standard InChI is InChI=1S/C15H30N2O/c1-5-9-16-14-8-10-17(11-13(14)7-3)15(18)12(4)6-2/h12-14,16H,5-11H2,1-4H3. The van der Waals surface area contributed by atoms with Gasteiger partial charge in [0.25, 0.3) is 0 Å². The minimum Gasteiger partial charge on any atom is -0.342 e. The molecule has 0 radical (unpaired) electrons. The van der Waals surface area contributed by atoms with E-state index in [0.717, 1.165) is 38.9 Å². The predicted octanol–water partition coefficient (Wildman–Crippen LogP) is 2.66. The van der Waals surface area contributed by atoms with Crippen molar-refractivity contribution in [3.63, 3.8) is 0 Å². The van der Waals surface area contributed by atoms with Crippen molar-refractivity contribution in [2.45, 2.75) is 59.4 Å². The third-order valence-electron chi connectivity index (χ3n) is 4.26. The van der Waals surface area contributed by atoms with Crippen LogP contribution in [0.25, 0.3) is 0 Å². The number of likely N-dealkylation sites (tertiary alicyclic amines) is 1. The molecule has 1 aliphatic heterocycles. The van der Waals surface area contributed by atoms with Crippen molar-refractivity contribution >= 4 is 5.91 Å². The molecule has 0 aromatic carbocycles. The van der Waals surface area contributed by atoms with E-state index in [4.69, 9.17) is 0 Å². The van der Waals surface area contributed by atoms with Crippen LogP contribution >= 0.6 is 0 Å². The maximum atomic E-state index is 12.2. The van der Waals surface area contributed by atoms with Crippen LogP contribution in [0.5, 0.6) is 0 Å². The van der Waals surface area contributed by atoms with E-state index in [1.54, 1.807) is 0 Å². The van der Waals surface area contributed by atoms with E-state index in [9.17, 15) is 4.79 Å². The number of carbonyl (C=O) groups excluding carboxylic acids is 1. The van der Waals surface area contributed by atoms with Crippen molar-refractivity contribution in [2.24, 2.45) is 11.8 Å². The van der Waals surface area contributed by atoms with Gasteiger partial charge in [-0.2, -0.15) is 0 Å². The van der Waals surface area contributed by atoms with Crippen LogP contribution in [-0.2, 0) is 4.79 Å². The lowest BCUT2D eigenvalue weighted by Gasteiger charge is -2.39. The smallest absolute Gasteiger partial charge is 0.225 e. The first-order chi connectivity index (χ1) is 8.63. The van der Waals surface area contributed by atoms with Crippen molar-refractivity contribution in [3.8, 4) is 0 Å². The molecular weight excluding hydrogens is 224 g/mol. The predicted molar refractivity (Wildman–Crippen MR) is 76.5 cm³/mol. The van der Waals surface area contributed by atoms with Gasteiger partial charge in [0.15, 0.2) is 0 Å². The molecule has 1 rings (SSSR count). The van der Waals surface area contributed by atoms with Gasteiger partial charge in [-0.05, 0) is 31.7 Å². The number of amides is 1. The number of nitrogens with zero attached hydrogens (tertiary/aromatic N) is 1. The molecule has 1 N–H and O–H groups in total. The van der Waals surface area contributed by atoms with Gasteiger partial charge in [-0.15, -0.1) is 0 Å². The monoisotopic (exact) mass is 254 g/mol. The summed E-state index contributed by atoms with van der Waals surface area (Å²) in [4.78, 5) is 14.3. The van der Waals surface area contributed by atoms with Crippen LogP contribution in [0.1, 0.15) is 53.4 Å². The van der Waals surface area contributed by atoms with Gasteiger partial charge in [0.1, 0.15) is 0 Å². The summed E-state index contributed by atoms with van der Waals surface area (Å²) in [7, 11) is 0. The maximum absolute atomic E-state index is 12.2. The average Bonchev–Trinajstić information content (AvgIpc) is 2.43. The van der Waals surface area contributed by atoms with Crippen molar-refractivity contribution in [1.82, 2.24) is 10.2 Å². The van der Waals surface area contributed by atoms with Crippen LogP contribution in [-0.4, -0.2) is 36.5 Å². The lowest BCUT2D eigenvalue weighted by molar-refractivity contribution is -0.137. The SMILES string of the molecule is CCCNC1CCN(C(=O)C(C)CC)CC1CC. The molecule has 0 aliphatic carbocycles. The van der Waals surface area contributed by atoms with Gasteiger partial charge in [0, 0.05) is 25.0 Å². The Morgan fingerprint density at radius 3 is 2.67 bits per heavy atom. The van der Waals surface area contributed by atoms with E-state index < -0.39 is 0 Å². The first-order valence-electron chi connectivity index (χ1n) is 7.66. The molecule has 1 aliphatic rings. The molecule has 0 aromatic heterocycles. The van der Waals surface area contributed by atoms with Gasteiger partial charge >= 0.3 is 0 Å². The minimum atomic E-state index is 0.183.